The first-order valence-electron chi connectivity index (χ1n) is 8.65. The quantitative estimate of drug-likeness (QED) is 0.909. The summed E-state index contributed by atoms with van der Waals surface area (Å²) in [6, 6.07) is 9.74. The monoisotopic (exact) mass is 341 g/mol. The summed E-state index contributed by atoms with van der Waals surface area (Å²) in [6.45, 7) is 8.74. The van der Waals surface area contributed by atoms with Gasteiger partial charge in [-0.2, -0.15) is 5.10 Å². The van der Waals surface area contributed by atoms with Gasteiger partial charge in [0.15, 0.2) is 0 Å². The first kappa shape index (κ1) is 18.9. The highest BCUT2D eigenvalue weighted by Gasteiger charge is 2.22. The highest BCUT2D eigenvalue weighted by atomic mass is 16.2. The number of hydrogen-bond acceptors (Lipinski definition) is 3. The molecule has 5 heteroatoms. The number of benzene rings is 1. The van der Waals surface area contributed by atoms with Crippen LogP contribution >= 0.6 is 0 Å². The molecular weight excluding hydrogens is 314 g/mol. The van der Waals surface area contributed by atoms with Gasteiger partial charge >= 0.3 is 0 Å². The Morgan fingerprint density at radius 2 is 1.92 bits per heavy atom. The number of carbonyl (C=O) groups is 1. The number of carbonyl (C=O) groups excluding carboxylic acids is 1. The van der Waals surface area contributed by atoms with Crippen molar-refractivity contribution in [1.82, 2.24) is 15.1 Å². The van der Waals surface area contributed by atoms with Crippen LogP contribution < -0.4 is 10.9 Å². The molecule has 134 valence electrons. The van der Waals surface area contributed by atoms with Crippen LogP contribution in [0.4, 0.5) is 0 Å². The highest BCUT2D eigenvalue weighted by molar-refractivity contribution is 5.83. The van der Waals surface area contributed by atoms with E-state index >= 15 is 0 Å². The summed E-state index contributed by atoms with van der Waals surface area (Å²) in [6.07, 6.45) is 2.17. The minimum absolute atomic E-state index is 0.0220. The highest BCUT2D eigenvalue weighted by Crippen LogP contribution is 2.26. The SMILES string of the molecule is CCC(C(=O)NC)c1ccnn(Cc2ccccc2C(C)(C)C)c1=O. The van der Waals surface area contributed by atoms with Gasteiger partial charge in [0.1, 0.15) is 0 Å². The van der Waals surface area contributed by atoms with Gasteiger partial charge in [0.05, 0.1) is 12.5 Å². The lowest BCUT2D eigenvalue weighted by Gasteiger charge is -2.23. The van der Waals surface area contributed by atoms with E-state index in [-0.39, 0.29) is 16.9 Å². The van der Waals surface area contributed by atoms with Gasteiger partial charge in [-0.25, -0.2) is 4.68 Å². The molecule has 0 radical (unpaired) electrons. The Labute approximate surface area is 149 Å². The van der Waals surface area contributed by atoms with Gasteiger partial charge in [-0.15, -0.1) is 0 Å². The van der Waals surface area contributed by atoms with Crippen molar-refractivity contribution in [1.29, 1.82) is 0 Å². The lowest BCUT2D eigenvalue weighted by molar-refractivity contribution is -0.122. The standard InChI is InChI=1S/C20H27N3O2/c1-6-15(18(24)21-5)16-11-12-22-23(19(16)25)13-14-9-7-8-10-17(14)20(2,3)4/h7-12,15H,6,13H2,1-5H3,(H,21,24). The number of nitrogens with one attached hydrogen (secondary N) is 1. The van der Waals surface area contributed by atoms with Crippen LogP contribution in [0.3, 0.4) is 0 Å². The predicted octanol–water partition coefficient (Wildman–Crippen LogP) is 2.83. The molecule has 0 saturated carbocycles. The van der Waals surface area contributed by atoms with Gasteiger partial charge < -0.3 is 5.32 Å². The van der Waals surface area contributed by atoms with Crippen LogP contribution in [0.5, 0.6) is 0 Å². The average Bonchev–Trinajstić information content (AvgIpc) is 2.58. The number of amides is 1. The molecule has 2 rings (SSSR count). The van der Waals surface area contributed by atoms with Crippen molar-refractivity contribution in [2.24, 2.45) is 0 Å². The Morgan fingerprint density at radius 1 is 1.24 bits per heavy atom. The van der Waals surface area contributed by atoms with Gasteiger partial charge in [-0.1, -0.05) is 52.0 Å². The molecule has 1 aromatic heterocycles. The van der Waals surface area contributed by atoms with Gasteiger partial charge in [0, 0.05) is 18.8 Å². The zero-order valence-electron chi connectivity index (χ0n) is 15.7. The van der Waals surface area contributed by atoms with E-state index in [1.807, 2.05) is 25.1 Å². The van der Waals surface area contributed by atoms with Crippen molar-refractivity contribution in [3.63, 3.8) is 0 Å². The van der Waals surface area contributed by atoms with E-state index in [4.69, 9.17) is 0 Å². The molecule has 25 heavy (non-hydrogen) atoms. The Kier molecular flexibility index (Phi) is 5.77. The number of aromatic nitrogens is 2. The summed E-state index contributed by atoms with van der Waals surface area (Å²) in [5.41, 5.74) is 2.51. The van der Waals surface area contributed by atoms with Crippen LogP contribution in [0, 0.1) is 0 Å². The largest absolute Gasteiger partial charge is 0.359 e. The molecule has 0 saturated heterocycles. The summed E-state index contributed by atoms with van der Waals surface area (Å²) in [5, 5.41) is 6.86. The molecule has 0 aliphatic rings. The summed E-state index contributed by atoms with van der Waals surface area (Å²) in [5.74, 6) is -0.600. The third-order valence-electron chi connectivity index (χ3n) is 4.43. The average molecular weight is 341 g/mol. The molecule has 2 aromatic rings. The van der Waals surface area contributed by atoms with Crippen LogP contribution in [0.25, 0.3) is 0 Å². The maximum atomic E-state index is 12.9. The van der Waals surface area contributed by atoms with E-state index in [9.17, 15) is 9.59 Å². The maximum Gasteiger partial charge on any atom is 0.271 e. The number of likely N-dealkylation sites (N-methyl/N-ethyl adjacent to an activating group) is 1. The molecule has 1 N–H and O–H groups in total. The van der Waals surface area contributed by atoms with Crippen molar-refractivity contribution >= 4 is 5.91 Å². The first-order valence-corrected chi connectivity index (χ1v) is 8.65. The van der Waals surface area contributed by atoms with Crippen molar-refractivity contribution < 1.29 is 4.79 Å². The van der Waals surface area contributed by atoms with E-state index in [1.54, 1.807) is 19.3 Å². The van der Waals surface area contributed by atoms with Gasteiger partial charge in [0.2, 0.25) is 5.91 Å². The Hall–Kier alpha value is -2.43. The molecule has 0 bridgehead atoms. The van der Waals surface area contributed by atoms with Crippen LogP contribution in [0.1, 0.15) is 56.7 Å². The number of hydrogen-bond donors (Lipinski definition) is 1. The van der Waals surface area contributed by atoms with Crippen LogP contribution in [-0.4, -0.2) is 22.7 Å². The molecule has 0 aliphatic carbocycles. The fourth-order valence-electron chi connectivity index (χ4n) is 3.12. The van der Waals surface area contributed by atoms with E-state index in [1.165, 1.54) is 10.2 Å². The molecule has 0 fully saturated rings. The van der Waals surface area contributed by atoms with Crippen LogP contribution in [0.2, 0.25) is 0 Å². The molecule has 5 nitrogen and oxygen atoms in total. The van der Waals surface area contributed by atoms with Gasteiger partial charge in [-0.05, 0) is 29.0 Å². The topological polar surface area (TPSA) is 64.0 Å². The molecule has 1 heterocycles. The summed E-state index contributed by atoms with van der Waals surface area (Å²) >= 11 is 0. The molecule has 0 spiro atoms. The molecule has 1 atom stereocenters. The van der Waals surface area contributed by atoms with Gasteiger partial charge in [-0.3, -0.25) is 9.59 Å². The van der Waals surface area contributed by atoms with E-state index < -0.39 is 5.92 Å². The Morgan fingerprint density at radius 3 is 2.52 bits per heavy atom. The molecule has 1 unspecified atom stereocenters. The van der Waals surface area contributed by atoms with Crippen molar-refractivity contribution in [3.05, 3.63) is 63.6 Å². The minimum atomic E-state index is -0.454. The number of rotatable bonds is 5. The fourth-order valence-corrected chi connectivity index (χ4v) is 3.12. The van der Waals surface area contributed by atoms with Gasteiger partial charge in [0.25, 0.3) is 5.56 Å². The lowest BCUT2D eigenvalue weighted by Crippen LogP contribution is -2.33. The Balaban J connectivity index is 2.45. The van der Waals surface area contributed by atoms with Crippen molar-refractivity contribution in [3.8, 4) is 0 Å². The number of nitrogens with zero attached hydrogens (tertiary/aromatic N) is 2. The van der Waals surface area contributed by atoms with Crippen molar-refractivity contribution in [2.45, 2.75) is 52.0 Å². The fraction of sp³-hybridized carbons (Fsp3) is 0.450. The van der Waals surface area contributed by atoms with E-state index in [0.29, 0.717) is 18.5 Å². The molecule has 1 amide bonds. The summed E-state index contributed by atoms with van der Waals surface area (Å²) < 4.78 is 1.45. The second kappa shape index (κ2) is 7.64. The minimum Gasteiger partial charge on any atom is -0.359 e. The summed E-state index contributed by atoms with van der Waals surface area (Å²) in [4.78, 5) is 24.9. The van der Waals surface area contributed by atoms with E-state index in [0.717, 1.165) is 5.56 Å². The second-order valence-corrected chi connectivity index (χ2v) is 7.23. The predicted molar refractivity (Wildman–Crippen MR) is 99.8 cm³/mol. The normalized spacial score (nSPS) is 12.7. The maximum absolute atomic E-state index is 12.9. The second-order valence-electron chi connectivity index (χ2n) is 7.23. The zero-order valence-corrected chi connectivity index (χ0v) is 15.7. The molecule has 1 aromatic carbocycles. The van der Waals surface area contributed by atoms with E-state index in [2.05, 4.69) is 37.3 Å². The summed E-state index contributed by atoms with van der Waals surface area (Å²) in [7, 11) is 1.59. The zero-order chi connectivity index (χ0) is 18.6. The lowest BCUT2D eigenvalue weighted by atomic mass is 9.84. The smallest absolute Gasteiger partial charge is 0.271 e. The third kappa shape index (κ3) is 4.16. The molecular formula is C20H27N3O2. The molecule has 0 aliphatic heterocycles. The van der Waals surface area contributed by atoms with Crippen molar-refractivity contribution in [2.75, 3.05) is 7.05 Å². The Bertz CT molecular complexity index is 803. The third-order valence-corrected chi connectivity index (χ3v) is 4.43. The van der Waals surface area contributed by atoms with Crippen LogP contribution in [-0.2, 0) is 16.8 Å². The first-order chi connectivity index (χ1) is 11.8. The van der Waals surface area contributed by atoms with Crippen LogP contribution in [0.15, 0.2) is 41.3 Å².